The summed E-state index contributed by atoms with van der Waals surface area (Å²) in [7, 11) is 0. The Morgan fingerprint density at radius 2 is 1.10 bits per heavy atom. The fourth-order valence-corrected chi connectivity index (χ4v) is 1.42. The van der Waals surface area contributed by atoms with Crippen LogP contribution < -0.4 is 22.9 Å². The van der Waals surface area contributed by atoms with E-state index in [0.29, 0.717) is 11.4 Å². The predicted octanol–water partition coefficient (Wildman–Crippen LogP) is -1.49. The van der Waals surface area contributed by atoms with E-state index in [9.17, 15) is 0 Å². The van der Waals surface area contributed by atoms with Crippen LogP contribution >= 0.6 is 0 Å². The topological polar surface area (TPSA) is 246 Å². The Bertz CT molecular complexity index is 831. The Kier molecular flexibility index (Phi) is 16.6. The first-order valence-corrected chi connectivity index (χ1v) is 8.26. The van der Waals surface area contributed by atoms with Crippen molar-refractivity contribution in [1.82, 2.24) is 9.97 Å². The summed E-state index contributed by atoms with van der Waals surface area (Å²) in [6, 6.07) is 10.6. The van der Waals surface area contributed by atoms with Crippen molar-refractivity contribution in [2.24, 2.45) is 43.3 Å². The summed E-state index contributed by atoms with van der Waals surface area (Å²) in [5, 5.41) is 28.7. The van der Waals surface area contributed by atoms with Crippen molar-refractivity contribution in [2.45, 2.75) is 0 Å². The van der Waals surface area contributed by atoms with Gasteiger partial charge in [0.05, 0.1) is 5.09 Å². The van der Waals surface area contributed by atoms with E-state index in [4.69, 9.17) is 38.3 Å². The van der Waals surface area contributed by atoms with E-state index in [1.165, 1.54) is 0 Å². The smallest absolute Gasteiger partial charge is 0.741 e. The Hall–Kier alpha value is -3.54. The number of rotatable bonds is 4. The Labute approximate surface area is 200 Å². The summed E-state index contributed by atoms with van der Waals surface area (Å²) in [6.45, 7) is 0. The van der Waals surface area contributed by atoms with Crippen LogP contribution in [0.1, 0.15) is 11.4 Å². The molecule has 2 heterocycles. The van der Waals surface area contributed by atoms with Crippen LogP contribution in [-0.2, 0) is 25.3 Å². The molecule has 8 N–H and O–H groups in total. The molecule has 2 aromatic heterocycles. The molecule has 0 unspecified atom stereocenters. The van der Waals surface area contributed by atoms with Crippen molar-refractivity contribution in [2.75, 3.05) is 0 Å². The first-order chi connectivity index (χ1) is 14.1. The molecule has 17 heteroatoms. The van der Waals surface area contributed by atoms with Crippen molar-refractivity contribution in [3.05, 3.63) is 75.5 Å². The molecule has 0 aliphatic rings. The van der Waals surface area contributed by atoms with Crippen LogP contribution in [0.4, 0.5) is 0 Å². The van der Waals surface area contributed by atoms with Crippen molar-refractivity contribution < 1.29 is 5.09 Å². The average Bonchev–Trinajstić information content (AvgIpc) is 2.71. The van der Waals surface area contributed by atoms with Gasteiger partial charge in [-0.2, -0.15) is 10.2 Å². The van der Waals surface area contributed by atoms with Gasteiger partial charge in [0.2, 0.25) is 0 Å². The van der Waals surface area contributed by atoms with Crippen molar-refractivity contribution in [3.8, 4) is 0 Å². The Balaban J connectivity index is 0. The van der Waals surface area contributed by atoms with Gasteiger partial charge in [0.25, 0.3) is 0 Å². The fourth-order valence-electron chi connectivity index (χ4n) is 1.34. The van der Waals surface area contributed by atoms with E-state index in [1.54, 1.807) is 48.8 Å². The number of hydrogen-bond donors (Lipinski definition) is 4. The maximum absolute atomic E-state index is 8.25. The molecule has 0 aliphatic carbocycles. The monoisotopic (exact) mass is 519 g/mol. The first kappa shape index (κ1) is 29.7. The van der Waals surface area contributed by atoms with Crippen LogP contribution in [0.5, 0.6) is 0 Å². The third-order valence-corrected chi connectivity index (χ3v) is 2.53. The van der Waals surface area contributed by atoms with E-state index in [0.717, 1.165) is 0 Å². The van der Waals surface area contributed by atoms with Crippen molar-refractivity contribution in [1.29, 1.82) is 0 Å². The molecule has 0 amide bonds. The predicted molar refractivity (Wildman–Crippen MR) is 124 cm³/mol. The van der Waals surface area contributed by atoms with Gasteiger partial charge in [-0.15, -0.1) is 10.2 Å². The van der Waals surface area contributed by atoms with Crippen molar-refractivity contribution in [3.63, 3.8) is 0 Å². The molecule has 14 nitrogen and oxygen atoms in total. The molecule has 31 heavy (non-hydrogen) atoms. The van der Waals surface area contributed by atoms with Gasteiger partial charge in [-0.25, -0.2) is 0 Å². The molecule has 0 saturated heterocycles. The normalized spacial score (nSPS) is 11.6. The summed E-state index contributed by atoms with van der Waals surface area (Å²) >= 11 is 8.98. The van der Waals surface area contributed by atoms with Crippen LogP contribution in [0.25, 0.3) is 0 Å². The molecule has 2 rings (SSSR count). The van der Waals surface area contributed by atoms with Gasteiger partial charge in [0.15, 0.2) is 11.7 Å². The summed E-state index contributed by atoms with van der Waals surface area (Å²) in [5.41, 5.74) is 22.3. The van der Waals surface area contributed by atoms with E-state index in [-0.39, 0.29) is 41.8 Å². The molecule has 0 saturated carbocycles. The third-order valence-electron chi connectivity index (χ3n) is 2.37. The van der Waals surface area contributed by atoms with Gasteiger partial charge in [0, 0.05) is 12.4 Å². The molecular weight excluding hydrogens is 504 g/mol. The maximum Gasteiger partial charge on any atom is 3.00 e. The SMILES string of the molecule is N/C([S-])=N/N=C(\N)c1ccccn1.N/C([S-])=N/N=C(\N)c1ccccn1.O=[N+]([O-])[O-].[Ga+3]. The second-order valence-electron chi connectivity index (χ2n) is 4.50. The zero-order valence-electron chi connectivity index (χ0n) is 15.7. The van der Waals surface area contributed by atoms with E-state index < -0.39 is 5.09 Å². The average molecular weight is 520 g/mol. The van der Waals surface area contributed by atoms with Crippen LogP contribution in [0.15, 0.2) is 69.2 Å². The van der Waals surface area contributed by atoms with E-state index in [1.807, 2.05) is 0 Å². The zero-order chi connectivity index (χ0) is 22.9. The molecule has 0 spiro atoms. The number of amidine groups is 4. The summed E-state index contributed by atoms with van der Waals surface area (Å²) in [6.07, 6.45) is 3.22. The van der Waals surface area contributed by atoms with Gasteiger partial charge in [-0.1, -0.05) is 12.1 Å². The molecule has 0 atom stereocenters. The van der Waals surface area contributed by atoms with E-state index >= 15 is 0 Å². The van der Waals surface area contributed by atoms with Gasteiger partial charge in [-0.05, 0) is 34.6 Å². The van der Waals surface area contributed by atoms with Gasteiger partial charge < -0.3 is 63.5 Å². The van der Waals surface area contributed by atoms with Crippen LogP contribution in [-0.4, -0.2) is 56.9 Å². The molecule has 0 aromatic carbocycles. The van der Waals surface area contributed by atoms with Gasteiger partial charge >= 0.3 is 19.8 Å². The van der Waals surface area contributed by atoms with E-state index in [2.05, 4.69) is 55.6 Å². The summed E-state index contributed by atoms with van der Waals surface area (Å²) < 4.78 is 0. The van der Waals surface area contributed by atoms with Crippen LogP contribution in [0.3, 0.4) is 0 Å². The number of pyridine rings is 2. The minimum absolute atomic E-state index is 0. The number of nitrogens with two attached hydrogens (primary N) is 4. The van der Waals surface area contributed by atoms with Gasteiger partial charge in [-0.3, -0.25) is 9.97 Å². The quantitative estimate of drug-likeness (QED) is 0.0903. The maximum atomic E-state index is 8.25. The summed E-state index contributed by atoms with van der Waals surface area (Å²) in [5.74, 6) is 0.377. The molecule has 0 radical (unpaired) electrons. The largest absolute Gasteiger partial charge is 3.00 e. The first-order valence-electron chi connectivity index (χ1n) is 7.45. The Morgan fingerprint density at radius 3 is 1.32 bits per heavy atom. The molecular formula is C14H16GaN11O3S2. The minimum atomic E-state index is -1.75. The van der Waals surface area contributed by atoms with Crippen LogP contribution in [0, 0.1) is 15.3 Å². The second kappa shape index (κ2) is 17.3. The molecule has 0 bridgehead atoms. The van der Waals surface area contributed by atoms with Crippen LogP contribution in [0.2, 0.25) is 0 Å². The molecule has 160 valence electrons. The minimum Gasteiger partial charge on any atom is -0.741 e. The standard InChI is InChI=1S/2C7H9N5S.Ga.NO3/c2*8-6(11-12-7(9)13)5-3-1-2-4-10-5;;2-1(3)4/h2*1-4H,(H2,8,11)(H3,9,12,13);;/q;;+3;-1/p-2. The molecule has 0 aliphatic heterocycles. The Morgan fingerprint density at radius 1 is 0.774 bits per heavy atom. The molecule has 2 aromatic rings. The third kappa shape index (κ3) is 17.1. The van der Waals surface area contributed by atoms with Gasteiger partial charge in [0.1, 0.15) is 11.4 Å². The number of nitrogens with zero attached hydrogens (tertiary/aromatic N) is 7. The second-order valence-corrected chi connectivity index (χ2v) is 5.34. The zero-order valence-corrected chi connectivity index (χ0v) is 19.7. The number of hydrogen-bond acceptors (Lipinski definition) is 11. The van der Waals surface area contributed by atoms with Crippen molar-refractivity contribution >= 4 is 67.1 Å². The number of aromatic nitrogens is 2. The molecule has 0 fully saturated rings. The summed E-state index contributed by atoms with van der Waals surface area (Å²) in [4.78, 5) is 16.2. The fraction of sp³-hybridized carbons (Fsp3) is 0.